The molecule has 0 amide bonds. The molecule has 2 aromatic heterocycles. The molecular weight excluding hydrogens is 383 g/mol. The van der Waals surface area contributed by atoms with Crippen LogP contribution in [0.25, 0.3) is 22.6 Å². The van der Waals surface area contributed by atoms with Crippen LogP contribution in [0.2, 0.25) is 0 Å². The van der Waals surface area contributed by atoms with Crippen molar-refractivity contribution >= 4 is 0 Å². The average Bonchev–Trinajstić information content (AvgIpc) is 3.35. The summed E-state index contributed by atoms with van der Waals surface area (Å²) in [6.07, 6.45) is -2.75. The minimum Gasteiger partial charge on any atom is -0.497 e. The Kier molecular flexibility index (Phi) is 4.57. The van der Waals surface area contributed by atoms with Gasteiger partial charge in [0.2, 0.25) is 0 Å². The lowest BCUT2D eigenvalue weighted by atomic mass is 10.1. The second-order valence-corrected chi connectivity index (χ2v) is 6.38. The Balaban J connectivity index is 1.64. The van der Waals surface area contributed by atoms with E-state index >= 15 is 0 Å². The molecule has 0 aliphatic rings. The van der Waals surface area contributed by atoms with Crippen molar-refractivity contribution in [3.63, 3.8) is 0 Å². The Labute approximate surface area is 164 Å². The molecule has 0 fully saturated rings. The van der Waals surface area contributed by atoms with Gasteiger partial charge in [-0.3, -0.25) is 0 Å². The minimum absolute atomic E-state index is 0.294. The second kappa shape index (κ2) is 7.08. The van der Waals surface area contributed by atoms with Crippen molar-refractivity contribution in [1.82, 2.24) is 24.8 Å². The summed E-state index contributed by atoms with van der Waals surface area (Å²) in [6.45, 7) is 1.52. The zero-order valence-electron chi connectivity index (χ0n) is 15.6. The van der Waals surface area contributed by atoms with E-state index in [2.05, 4.69) is 15.4 Å². The van der Waals surface area contributed by atoms with E-state index in [9.17, 15) is 13.2 Å². The van der Waals surface area contributed by atoms with E-state index in [1.165, 1.54) is 6.92 Å². The first-order chi connectivity index (χ1) is 13.8. The SMILES string of the molecule is COc1cccc(-n2cc(-c3ccc(-n4nc(C)cc4C(F)(F)F)cc3)nn2)c1. The molecule has 9 heteroatoms. The molecule has 0 radical (unpaired) electrons. The summed E-state index contributed by atoms with van der Waals surface area (Å²) in [4.78, 5) is 0. The molecular formula is C20H16F3N5O. The number of ether oxygens (including phenoxy) is 1. The summed E-state index contributed by atoms with van der Waals surface area (Å²) < 4.78 is 47.4. The van der Waals surface area contributed by atoms with E-state index in [4.69, 9.17) is 4.74 Å². The van der Waals surface area contributed by atoms with Crippen LogP contribution >= 0.6 is 0 Å². The highest BCUT2D eigenvalue weighted by Crippen LogP contribution is 2.32. The number of nitrogens with zero attached hydrogens (tertiary/aromatic N) is 5. The molecule has 0 saturated carbocycles. The normalized spacial score (nSPS) is 11.6. The van der Waals surface area contributed by atoms with Crippen LogP contribution in [0.3, 0.4) is 0 Å². The summed E-state index contributed by atoms with van der Waals surface area (Å²) in [6, 6.07) is 14.9. The standard InChI is InChI=1S/C20H16F3N5O/c1-13-10-19(20(21,22)23)28(25-13)15-8-6-14(7-9-15)18-12-27(26-24-18)16-4-3-5-17(11-16)29-2/h3-12H,1-2H3. The molecule has 0 bridgehead atoms. The van der Waals surface area contributed by atoms with Crippen LogP contribution in [0.4, 0.5) is 13.2 Å². The highest BCUT2D eigenvalue weighted by molar-refractivity contribution is 5.60. The van der Waals surface area contributed by atoms with Gasteiger partial charge >= 0.3 is 6.18 Å². The first-order valence-corrected chi connectivity index (χ1v) is 8.66. The molecule has 6 nitrogen and oxygen atoms in total. The number of aromatic nitrogens is 5. The van der Waals surface area contributed by atoms with Crippen molar-refractivity contribution in [2.75, 3.05) is 7.11 Å². The maximum Gasteiger partial charge on any atom is 0.433 e. The van der Waals surface area contributed by atoms with E-state index in [0.717, 1.165) is 22.0 Å². The van der Waals surface area contributed by atoms with Crippen LogP contribution < -0.4 is 4.74 Å². The number of hydrogen-bond acceptors (Lipinski definition) is 4. The number of benzene rings is 2. The predicted molar refractivity (Wildman–Crippen MR) is 100 cm³/mol. The largest absolute Gasteiger partial charge is 0.497 e. The van der Waals surface area contributed by atoms with Crippen LogP contribution in [0.1, 0.15) is 11.4 Å². The maximum absolute atomic E-state index is 13.2. The van der Waals surface area contributed by atoms with Crippen molar-refractivity contribution < 1.29 is 17.9 Å². The molecule has 0 saturated heterocycles. The fraction of sp³-hybridized carbons (Fsp3) is 0.150. The molecule has 4 rings (SSSR count). The van der Waals surface area contributed by atoms with E-state index in [1.54, 1.807) is 42.3 Å². The molecule has 4 aromatic rings. The van der Waals surface area contributed by atoms with Crippen molar-refractivity contribution in [2.45, 2.75) is 13.1 Å². The Morgan fingerprint density at radius 1 is 0.966 bits per heavy atom. The van der Waals surface area contributed by atoms with Crippen LogP contribution in [-0.2, 0) is 6.18 Å². The third kappa shape index (κ3) is 3.71. The van der Waals surface area contributed by atoms with E-state index in [-0.39, 0.29) is 0 Å². The fourth-order valence-electron chi connectivity index (χ4n) is 2.95. The molecule has 0 unspecified atom stereocenters. The van der Waals surface area contributed by atoms with E-state index in [1.807, 2.05) is 24.3 Å². The molecule has 0 atom stereocenters. The van der Waals surface area contributed by atoms with Gasteiger partial charge in [-0.05, 0) is 37.3 Å². The van der Waals surface area contributed by atoms with Crippen molar-refractivity contribution in [3.8, 4) is 28.4 Å². The molecule has 0 aliphatic heterocycles. The van der Waals surface area contributed by atoms with Gasteiger partial charge in [0, 0.05) is 11.6 Å². The zero-order chi connectivity index (χ0) is 20.6. The van der Waals surface area contributed by atoms with Crippen molar-refractivity contribution in [2.24, 2.45) is 0 Å². The Bertz CT molecular complexity index is 1150. The minimum atomic E-state index is -4.49. The quantitative estimate of drug-likeness (QED) is 0.509. The topological polar surface area (TPSA) is 57.8 Å². The van der Waals surface area contributed by atoms with E-state index < -0.39 is 11.9 Å². The third-order valence-electron chi connectivity index (χ3n) is 4.34. The van der Waals surface area contributed by atoms with Gasteiger partial charge < -0.3 is 4.74 Å². The van der Waals surface area contributed by atoms with Gasteiger partial charge in [-0.2, -0.15) is 18.3 Å². The summed E-state index contributed by atoms with van der Waals surface area (Å²) in [5.74, 6) is 0.693. The highest BCUT2D eigenvalue weighted by atomic mass is 19.4. The molecule has 0 spiro atoms. The van der Waals surface area contributed by atoms with E-state index in [0.29, 0.717) is 22.8 Å². The molecule has 2 aromatic carbocycles. The smallest absolute Gasteiger partial charge is 0.433 e. The molecule has 29 heavy (non-hydrogen) atoms. The van der Waals surface area contributed by atoms with Gasteiger partial charge in [-0.15, -0.1) is 5.10 Å². The Morgan fingerprint density at radius 3 is 2.41 bits per heavy atom. The number of rotatable bonds is 4. The lowest BCUT2D eigenvalue weighted by Crippen LogP contribution is -2.13. The van der Waals surface area contributed by atoms with Crippen LogP contribution in [0.15, 0.2) is 60.8 Å². The fourth-order valence-corrected chi connectivity index (χ4v) is 2.95. The van der Waals surface area contributed by atoms with Gasteiger partial charge in [-0.25, -0.2) is 9.36 Å². The zero-order valence-corrected chi connectivity index (χ0v) is 15.6. The van der Waals surface area contributed by atoms with Gasteiger partial charge in [0.15, 0.2) is 0 Å². The maximum atomic E-state index is 13.2. The summed E-state index contributed by atoms with van der Waals surface area (Å²) in [5.41, 5.74) is 1.89. The summed E-state index contributed by atoms with van der Waals surface area (Å²) in [7, 11) is 1.58. The first-order valence-electron chi connectivity index (χ1n) is 8.66. The number of aryl methyl sites for hydroxylation is 1. The highest BCUT2D eigenvalue weighted by Gasteiger charge is 2.35. The predicted octanol–water partition coefficient (Wildman–Crippen LogP) is 4.46. The Morgan fingerprint density at radius 2 is 1.72 bits per heavy atom. The molecule has 2 heterocycles. The Hall–Kier alpha value is -3.62. The second-order valence-electron chi connectivity index (χ2n) is 6.38. The number of alkyl halides is 3. The lowest BCUT2D eigenvalue weighted by Gasteiger charge is -2.10. The molecule has 148 valence electrons. The van der Waals surface area contributed by atoms with Gasteiger partial charge in [0.25, 0.3) is 0 Å². The summed E-state index contributed by atoms with van der Waals surface area (Å²) in [5, 5.41) is 12.2. The number of halogens is 3. The summed E-state index contributed by atoms with van der Waals surface area (Å²) >= 11 is 0. The average molecular weight is 399 g/mol. The van der Waals surface area contributed by atoms with Gasteiger partial charge in [0.1, 0.15) is 17.1 Å². The number of hydrogen-bond donors (Lipinski definition) is 0. The monoisotopic (exact) mass is 399 g/mol. The van der Waals surface area contributed by atoms with Crippen LogP contribution in [0, 0.1) is 6.92 Å². The van der Waals surface area contributed by atoms with Gasteiger partial charge in [0.05, 0.1) is 30.4 Å². The number of methoxy groups -OCH3 is 1. The van der Waals surface area contributed by atoms with Gasteiger partial charge in [-0.1, -0.05) is 23.4 Å². The first kappa shape index (κ1) is 18.7. The van der Waals surface area contributed by atoms with Crippen molar-refractivity contribution in [3.05, 3.63) is 72.2 Å². The third-order valence-corrected chi connectivity index (χ3v) is 4.34. The van der Waals surface area contributed by atoms with Crippen molar-refractivity contribution in [1.29, 1.82) is 0 Å². The lowest BCUT2D eigenvalue weighted by molar-refractivity contribution is -0.142. The van der Waals surface area contributed by atoms with Crippen LogP contribution in [0.5, 0.6) is 5.75 Å². The van der Waals surface area contributed by atoms with Crippen LogP contribution in [-0.4, -0.2) is 31.9 Å². The molecule has 0 aliphatic carbocycles. The molecule has 0 N–H and O–H groups in total.